The zero-order chi connectivity index (χ0) is 17.5. The second-order valence-corrected chi connectivity index (χ2v) is 7.15. The quantitative estimate of drug-likeness (QED) is 0.588. The fourth-order valence-electron chi connectivity index (χ4n) is 2.04. The Balaban J connectivity index is 2.17. The first kappa shape index (κ1) is 18.2. The van der Waals surface area contributed by atoms with E-state index in [0.717, 1.165) is 11.4 Å². The number of amides is 1. The molecule has 2 heterocycles. The van der Waals surface area contributed by atoms with Gasteiger partial charge in [0.25, 0.3) is 0 Å². The van der Waals surface area contributed by atoms with Gasteiger partial charge in [-0.2, -0.15) is 0 Å². The molecular formula is C17H23N5OS. The SMILES string of the molecule is C=CCn1c(S[C@@H](C)C(=O)NCC(C)C)nnc1-c1ccncc1. The minimum Gasteiger partial charge on any atom is -0.355 e. The van der Waals surface area contributed by atoms with Gasteiger partial charge in [-0.05, 0) is 25.0 Å². The predicted octanol–water partition coefficient (Wildman–Crippen LogP) is 2.78. The molecule has 1 N–H and O–H groups in total. The number of carbonyl (C=O) groups is 1. The second-order valence-electron chi connectivity index (χ2n) is 5.84. The molecule has 0 aromatic carbocycles. The number of rotatable bonds is 8. The van der Waals surface area contributed by atoms with Gasteiger partial charge in [0, 0.05) is 31.0 Å². The molecule has 24 heavy (non-hydrogen) atoms. The molecular weight excluding hydrogens is 322 g/mol. The molecule has 0 aliphatic heterocycles. The number of allylic oxidation sites excluding steroid dienone is 1. The van der Waals surface area contributed by atoms with Gasteiger partial charge in [0.05, 0.1) is 5.25 Å². The highest BCUT2D eigenvalue weighted by Crippen LogP contribution is 2.26. The van der Waals surface area contributed by atoms with E-state index in [4.69, 9.17) is 0 Å². The zero-order valence-corrected chi connectivity index (χ0v) is 15.1. The van der Waals surface area contributed by atoms with Crippen molar-refractivity contribution >= 4 is 17.7 Å². The molecule has 2 rings (SSSR count). The Hall–Kier alpha value is -2.15. The third-order valence-electron chi connectivity index (χ3n) is 3.30. The number of thioether (sulfide) groups is 1. The van der Waals surface area contributed by atoms with Crippen molar-refractivity contribution in [3.05, 3.63) is 37.2 Å². The lowest BCUT2D eigenvalue weighted by atomic mass is 10.2. The van der Waals surface area contributed by atoms with Gasteiger partial charge in [-0.15, -0.1) is 16.8 Å². The average Bonchev–Trinajstić information content (AvgIpc) is 2.96. The Morgan fingerprint density at radius 2 is 2.04 bits per heavy atom. The Kier molecular flexibility index (Phi) is 6.54. The van der Waals surface area contributed by atoms with E-state index in [9.17, 15) is 4.79 Å². The molecule has 0 aliphatic carbocycles. The highest BCUT2D eigenvalue weighted by Gasteiger charge is 2.20. The lowest BCUT2D eigenvalue weighted by Crippen LogP contribution is -2.33. The highest BCUT2D eigenvalue weighted by atomic mass is 32.2. The first-order chi connectivity index (χ1) is 11.5. The van der Waals surface area contributed by atoms with Crippen LogP contribution in [0.3, 0.4) is 0 Å². The minimum absolute atomic E-state index is 0.00677. The van der Waals surface area contributed by atoms with E-state index < -0.39 is 0 Å². The molecule has 2 aromatic heterocycles. The van der Waals surface area contributed by atoms with Gasteiger partial charge in [0.2, 0.25) is 5.91 Å². The molecule has 0 saturated heterocycles. The maximum absolute atomic E-state index is 12.2. The minimum atomic E-state index is -0.248. The number of aromatic nitrogens is 4. The van der Waals surface area contributed by atoms with Crippen molar-refractivity contribution in [2.45, 2.75) is 37.7 Å². The van der Waals surface area contributed by atoms with Crippen LogP contribution in [0.25, 0.3) is 11.4 Å². The Morgan fingerprint density at radius 3 is 2.67 bits per heavy atom. The van der Waals surface area contributed by atoms with Crippen LogP contribution in [-0.4, -0.2) is 37.5 Å². The summed E-state index contributed by atoms with van der Waals surface area (Å²) in [6.45, 7) is 11.1. The summed E-state index contributed by atoms with van der Waals surface area (Å²) >= 11 is 1.40. The molecule has 0 saturated carbocycles. The van der Waals surface area contributed by atoms with Crippen LogP contribution in [0.1, 0.15) is 20.8 Å². The van der Waals surface area contributed by atoms with Crippen molar-refractivity contribution in [3.8, 4) is 11.4 Å². The van der Waals surface area contributed by atoms with Crippen molar-refractivity contribution in [2.24, 2.45) is 5.92 Å². The summed E-state index contributed by atoms with van der Waals surface area (Å²) in [5, 5.41) is 11.9. The summed E-state index contributed by atoms with van der Waals surface area (Å²) in [7, 11) is 0. The molecule has 6 nitrogen and oxygen atoms in total. The molecule has 1 atom stereocenters. The number of nitrogens with zero attached hydrogens (tertiary/aromatic N) is 4. The lowest BCUT2D eigenvalue weighted by Gasteiger charge is -2.13. The van der Waals surface area contributed by atoms with E-state index in [1.807, 2.05) is 23.6 Å². The smallest absolute Gasteiger partial charge is 0.233 e. The van der Waals surface area contributed by atoms with Crippen LogP contribution >= 0.6 is 11.8 Å². The van der Waals surface area contributed by atoms with Gasteiger partial charge in [0.15, 0.2) is 11.0 Å². The van der Waals surface area contributed by atoms with Crippen molar-refractivity contribution in [2.75, 3.05) is 6.54 Å². The first-order valence-corrected chi connectivity index (χ1v) is 8.79. The molecule has 0 unspecified atom stereocenters. The monoisotopic (exact) mass is 345 g/mol. The van der Waals surface area contributed by atoms with E-state index in [1.165, 1.54) is 11.8 Å². The third-order valence-corrected chi connectivity index (χ3v) is 4.38. The maximum atomic E-state index is 12.2. The van der Waals surface area contributed by atoms with Gasteiger partial charge >= 0.3 is 0 Å². The molecule has 0 spiro atoms. The summed E-state index contributed by atoms with van der Waals surface area (Å²) in [6.07, 6.45) is 5.23. The summed E-state index contributed by atoms with van der Waals surface area (Å²) in [4.78, 5) is 16.2. The first-order valence-electron chi connectivity index (χ1n) is 7.91. The van der Waals surface area contributed by atoms with E-state index in [0.29, 0.717) is 24.2 Å². The highest BCUT2D eigenvalue weighted by molar-refractivity contribution is 8.00. The van der Waals surface area contributed by atoms with Crippen molar-refractivity contribution in [1.82, 2.24) is 25.1 Å². The second kappa shape index (κ2) is 8.63. The average molecular weight is 345 g/mol. The molecule has 0 fully saturated rings. The number of pyridine rings is 1. The zero-order valence-electron chi connectivity index (χ0n) is 14.3. The fourth-order valence-corrected chi connectivity index (χ4v) is 2.93. The standard InChI is InChI=1S/C17H23N5OS/c1-5-10-22-15(14-6-8-18-9-7-14)20-21-17(22)24-13(4)16(23)19-11-12(2)3/h5-9,12-13H,1,10-11H2,2-4H3,(H,19,23)/t13-/m0/s1. The molecule has 0 bridgehead atoms. The normalized spacial score (nSPS) is 12.2. The van der Waals surface area contributed by atoms with Crippen molar-refractivity contribution in [3.63, 3.8) is 0 Å². The molecule has 7 heteroatoms. The van der Waals surface area contributed by atoms with Crippen molar-refractivity contribution < 1.29 is 4.79 Å². The van der Waals surface area contributed by atoms with Crippen LogP contribution in [0.15, 0.2) is 42.3 Å². The van der Waals surface area contributed by atoms with Crippen LogP contribution < -0.4 is 5.32 Å². The molecule has 2 aromatic rings. The van der Waals surface area contributed by atoms with E-state index in [1.54, 1.807) is 18.5 Å². The summed E-state index contributed by atoms with van der Waals surface area (Å²) < 4.78 is 1.96. The van der Waals surface area contributed by atoms with Gasteiger partial charge in [-0.25, -0.2) is 0 Å². The maximum Gasteiger partial charge on any atom is 0.233 e. The molecule has 128 valence electrons. The van der Waals surface area contributed by atoms with Crippen LogP contribution in [0.2, 0.25) is 0 Å². The van der Waals surface area contributed by atoms with Crippen LogP contribution in [-0.2, 0) is 11.3 Å². The lowest BCUT2D eigenvalue weighted by molar-refractivity contribution is -0.120. The van der Waals surface area contributed by atoms with Crippen LogP contribution in [0.5, 0.6) is 0 Å². The van der Waals surface area contributed by atoms with Crippen molar-refractivity contribution in [1.29, 1.82) is 0 Å². The van der Waals surface area contributed by atoms with Gasteiger partial charge < -0.3 is 5.32 Å². The fraction of sp³-hybridized carbons (Fsp3) is 0.412. The topological polar surface area (TPSA) is 72.7 Å². The van der Waals surface area contributed by atoms with E-state index in [-0.39, 0.29) is 11.2 Å². The summed E-state index contributed by atoms with van der Waals surface area (Å²) in [5.74, 6) is 1.18. The van der Waals surface area contributed by atoms with E-state index >= 15 is 0 Å². The predicted molar refractivity (Wildman–Crippen MR) is 96.6 cm³/mol. The largest absolute Gasteiger partial charge is 0.355 e. The number of hydrogen-bond acceptors (Lipinski definition) is 5. The van der Waals surface area contributed by atoms with Crippen LogP contribution in [0.4, 0.5) is 0 Å². The van der Waals surface area contributed by atoms with Crippen LogP contribution in [0, 0.1) is 5.92 Å². The molecule has 0 radical (unpaired) electrons. The number of hydrogen-bond donors (Lipinski definition) is 1. The van der Waals surface area contributed by atoms with Gasteiger partial charge in [0.1, 0.15) is 0 Å². The number of nitrogens with one attached hydrogen (secondary N) is 1. The Bertz CT molecular complexity index is 684. The number of carbonyl (C=O) groups excluding carboxylic acids is 1. The summed E-state index contributed by atoms with van der Waals surface area (Å²) in [5.41, 5.74) is 0.933. The molecule has 0 aliphatic rings. The van der Waals surface area contributed by atoms with Gasteiger partial charge in [-0.3, -0.25) is 14.3 Å². The Morgan fingerprint density at radius 1 is 1.33 bits per heavy atom. The van der Waals surface area contributed by atoms with Gasteiger partial charge in [-0.1, -0.05) is 31.7 Å². The third kappa shape index (κ3) is 4.67. The van der Waals surface area contributed by atoms with E-state index in [2.05, 4.69) is 40.9 Å². The molecule has 1 amide bonds. The summed E-state index contributed by atoms with van der Waals surface area (Å²) in [6, 6.07) is 3.77. The Labute approximate surface area is 146 Å².